The van der Waals surface area contributed by atoms with Crippen molar-refractivity contribution < 1.29 is 9.59 Å². The molecule has 2 amide bonds. The number of nitrogens with one attached hydrogen (secondary N) is 2. The Labute approximate surface area is 144 Å². The molecule has 0 fully saturated rings. The summed E-state index contributed by atoms with van der Waals surface area (Å²) in [5.74, 6) is -0.311. The van der Waals surface area contributed by atoms with Crippen LogP contribution >= 0.6 is 22.9 Å². The van der Waals surface area contributed by atoms with Crippen LogP contribution < -0.4 is 10.6 Å². The number of carbonyl (C=O) groups is 2. The van der Waals surface area contributed by atoms with E-state index in [0.717, 1.165) is 12.8 Å². The van der Waals surface area contributed by atoms with E-state index in [-0.39, 0.29) is 18.2 Å². The summed E-state index contributed by atoms with van der Waals surface area (Å²) >= 11 is 7.09. The third-order valence-electron chi connectivity index (χ3n) is 3.07. The van der Waals surface area contributed by atoms with E-state index >= 15 is 0 Å². The average Bonchev–Trinajstić information content (AvgIpc) is 2.95. The van der Waals surface area contributed by atoms with Gasteiger partial charge in [-0.3, -0.25) is 14.9 Å². The van der Waals surface area contributed by atoms with Crippen LogP contribution in [-0.2, 0) is 11.2 Å². The Hall–Kier alpha value is -1.92. The summed E-state index contributed by atoms with van der Waals surface area (Å²) in [6.45, 7) is 2.75. The van der Waals surface area contributed by atoms with Gasteiger partial charge in [-0.05, 0) is 30.7 Å². The number of anilines is 1. The molecular formula is C16H18ClN3O2S. The summed E-state index contributed by atoms with van der Waals surface area (Å²) in [5, 5.41) is 8.38. The first-order valence-electron chi connectivity index (χ1n) is 7.36. The molecular weight excluding hydrogens is 334 g/mol. The fourth-order valence-corrected chi connectivity index (χ4v) is 2.68. The maximum absolute atomic E-state index is 12.1. The molecule has 122 valence electrons. The molecule has 0 bridgehead atoms. The van der Waals surface area contributed by atoms with Gasteiger partial charge in [-0.15, -0.1) is 11.3 Å². The molecule has 2 N–H and O–H groups in total. The lowest BCUT2D eigenvalue weighted by atomic mass is 10.2. The number of unbranched alkanes of at least 4 members (excludes halogenated alkanes) is 1. The fourth-order valence-electron chi connectivity index (χ4n) is 1.85. The SMILES string of the molecule is CCCCNC(=O)Cc1csc(NC(=O)c2ccc(Cl)cc2)n1. The molecule has 1 aromatic carbocycles. The molecule has 0 saturated heterocycles. The number of nitrogens with zero attached hydrogens (tertiary/aromatic N) is 1. The standard InChI is InChI=1S/C16H18ClN3O2S/c1-2-3-8-18-14(21)9-13-10-23-16(19-13)20-15(22)11-4-6-12(17)7-5-11/h4-7,10H,2-3,8-9H2,1H3,(H,18,21)(H,19,20,22). The highest BCUT2D eigenvalue weighted by atomic mass is 35.5. The summed E-state index contributed by atoms with van der Waals surface area (Å²) in [6.07, 6.45) is 2.22. The minimum Gasteiger partial charge on any atom is -0.356 e. The molecule has 23 heavy (non-hydrogen) atoms. The van der Waals surface area contributed by atoms with E-state index in [9.17, 15) is 9.59 Å². The maximum Gasteiger partial charge on any atom is 0.257 e. The van der Waals surface area contributed by atoms with Crippen molar-refractivity contribution >= 4 is 39.9 Å². The summed E-state index contributed by atoms with van der Waals surface area (Å²) in [5.41, 5.74) is 1.15. The lowest BCUT2D eigenvalue weighted by Crippen LogP contribution is -2.26. The Bertz CT molecular complexity index is 670. The lowest BCUT2D eigenvalue weighted by Gasteiger charge is -2.02. The summed E-state index contributed by atoms with van der Waals surface area (Å²) < 4.78 is 0. The van der Waals surface area contributed by atoms with Gasteiger partial charge in [0.1, 0.15) is 0 Å². The fraction of sp³-hybridized carbons (Fsp3) is 0.312. The predicted molar refractivity (Wildman–Crippen MR) is 93.1 cm³/mol. The predicted octanol–water partition coefficient (Wildman–Crippen LogP) is 3.51. The van der Waals surface area contributed by atoms with Crippen LogP contribution in [0.15, 0.2) is 29.6 Å². The Morgan fingerprint density at radius 1 is 1.26 bits per heavy atom. The topological polar surface area (TPSA) is 71.1 Å². The van der Waals surface area contributed by atoms with E-state index in [1.54, 1.807) is 29.6 Å². The van der Waals surface area contributed by atoms with Gasteiger partial charge in [0.05, 0.1) is 12.1 Å². The van der Waals surface area contributed by atoms with Crippen LogP contribution in [0, 0.1) is 0 Å². The van der Waals surface area contributed by atoms with E-state index < -0.39 is 0 Å². The lowest BCUT2D eigenvalue weighted by molar-refractivity contribution is -0.120. The molecule has 0 aliphatic rings. The van der Waals surface area contributed by atoms with E-state index in [1.807, 2.05) is 0 Å². The zero-order valence-electron chi connectivity index (χ0n) is 12.8. The van der Waals surface area contributed by atoms with Crippen LogP contribution in [0.4, 0.5) is 5.13 Å². The van der Waals surface area contributed by atoms with Crippen LogP contribution in [0.5, 0.6) is 0 Å². The van der Waals surface area contributed by atoms with Gasteiger partial charge in [0, 0.05) is 22.5 Å². The first-order valence-corrected chi connectivity index (χ1v) is 8.62. The van der Waals surface area contributed by atoms with Gasteiger partial charge in [0.15, 0.2) is 5.13 Å². The highest BCUT2D eigenvalue weighted by Gasteiger charge is 2.11. The third kappa shape index (κ3) is 5.65. The summed E-state index contributed by atoms with van der Waals surface area (Å²) in [6, 6.07) is 6.61. The van der Waals surface area contributed by atoms with Crippen molar-refractivity contribution in [2.45, 2.75) is 26.2 Å². The highest BCUT2D eigenvalue weighted by molar-refractivity contribution is 7.14. The minimum atomic E-state index is -0.255. The number of hydrogen-bond acceptors (Lipinski definition) is 4. The van der Waals surface area contributed by atoms with Gasteiger partial charge in [0.25, 0.3) is 5.91 Å². The second-order valence-electron chi connectivity index (χ2n) is 4.99. The first kappa shape index (κ1) is 17.4. The molecule has 5 nitrogen and oxygen atoms in total. The molecule has 0 aliphatic carbocycles. The number of hydrogen-bond donors (Lipinski definition) is 2. The van der Waals surface area contributed by atoms with E-state index in [0.29, 0.717) is 28.0 Å². The first-order chi connectivity index (χ1) is 11.1. The van der Waals surface area contributed by atoms with Gasteiger partial charge in [-0.25, -0.2) is 4.98 Å². The van der Waals surface area contributed by atoms with Crippen molar-refractivity contribution in [2.75, 3.05) is 11.9 Å². The molecule has 0 unspecified atom stereocenters. The van der Waals surface area contributed by atoms with Crippen molar-refractivity contribution in [2.24, 2.45) is 0 Å². The number of carbonyl (C=O) groups excluding carboxylic acids is 2. The Balaban J connectivity index is 1.88. The molecule has 0 atom stereocenters. The number of thiazole rings is 1. The van der Waals surface area contributed by atoms with Gasteiger partial charge >= 0.3 is 0 Å². The Kier molecular flexibility index (Phi) is 6.55. The van der Waals surface area contributed by atoms with E-state index in [4.69, 9.17) is 11.6 Å². The number of halogens is 1. The molecule has 0 saturated carbocycles. The zero-order valence-corrected chi connectivity index (χ0v) is 14.3. The summed E-state index contributed by atoms with van der Waals surface area (Å²) in [7, 11) is 0. The summed E-state index contributed by atoms with van der Waals surface area (Å²) in [4.78, 5) is 28.1. The van der Waals surface area contributed by atoms with Crippen LogP contribution in [0.3, 0.4) is 0 Å². The van der Waals surface area contributed by atoms with Crippen molar-refractivity contribution in [1.29, 1.82) is 0 Å². The smallest absolute Gasteiger partial charge is 0.257 e. The van der Waals surface area contributed by atoms with Crippen molar-refractivity contribution in [1.82, 2.24) is 10.3 Å². The monoisotopic (exact) mass is 351 g/mol. The van der Waals surface area contributed by atoms with Crippen LogP contribution in [0.2, 0.25) is 5.02 Å². The van der Waals surface area contributed by atoms with Gasteiger partial charge in [-0.2, -0.15) is 0 Å². The van der Waals surface area contributed by atoms with E-state index in [2.05, 4.69) is 22.5 Å². The van der Waals surface area contributed by atoms with Gasteiger partial charge in [0.2, 0.25) is 5.91 Å². The minimum absolute atomic E-state index is 0.0562. The molecule has 0 radical (unpaired) electrons. The molecule has 7 heteroatoms. The van der Waals surface area contributed by atoms with E-state index in [1.165, 1.54) is 11.3 Å². The number of benzene rings is 1. The van der Waals surface area contributed by atoms with Crippen LogP contribution in [0.1, 0.15) is 35.8 Å². The molecule has 0 spiro atoms. The number of amides is 2. The van der Waals surface area contributed by atoms with Crippen LogP contribution in [-0.4, -0.2) is 23.3 Å². The van der Waals surface area contributed by atoms with Crippen LogP contribution in [0.25, 0.3) is 0 Å². The molecule has 1 aromatic heterocycles. The van der Waals surface area contributed by atoms with Crippen molar-refractivity contribution in [3.8, 4) is 0 Å². The molecule has 2 rings (SSSR count). The number of aromatic nitrogens is 1. The highest BCUT2D eigenvalue weighted by Crippen LogP contribution is 2.17. The number of rotatable bonds is 7. The quantitative estimate of drug-likeness (QED) is 0.750. The average molecular weight is 352 g/mol. The Morgan fingerprint density at radius 3 is 2.70 bits per heavy atom. The second kappa shape index (κ2) is 8.64. The third-order valence-corrected chi connectivity index (χ3v) is 4.13. The van der Waals surface area contributed by atoms with Crippen molar-refractivity contribution in [3.63, 3.8) is 0 Å². The molecule has 1 heterocycles. The normalized spacial score (nSPS) is 10.3. The van der Waals surface area contributed by atoms with Gasteiger partial charge < -0.3 is 5.32 Å². The Morgan fingerprint density at radius 2 is 2.00 bits per heavy atom. The second-order valence-corrected chi connectivity index (χ2v) is 6.28. The zero-order chi connectivity index (χ0) is 16.7. The van der Waals surface area contributed by atoms with Crippen molar-refractivity contribution in [3.05, 3.63) is 45.9 Å². The molecule has 0 aliphatic heterocycles. The van der Waals surface area contributed by atoms with Gasteiger partial charge in [-0.1, -0.05) is 24.9 Å². The largest absolute Gasteiger partial charge is 0.356 e. The maximum atomic E-state index is 12.1. The molecule has 2 aromatic rings.